The number of sulfonamides is 1. The van der Waals surface area contributed by atoms with Crippen LogP contribution >= 0.6 is 0 Å². The molecule has 20 heavy (non-hydrogen) atoms. The molecular formula is C15H24N2O2S. The van der Waals surface area contributed by atoms with Crippen LogP contribution in [0.2, 0.25) is 0 Å². The van der Waals surface area contributed by atoms with Crippen LogP contribution < -0.4 is 0 Å². The van der Waals surface area contributed by atoms with Crippen LogP contribution in [0.4, 0.5) is 0 Å². The highest BCUT2D eigenvalue weighted by Gasteiger charge is 2.33. The van der Waals surface area contributed by atoms with E-state index < -0.39 is 10.0 Å². The first-order valence-corrected chi connectivity index (χ1v) is 8.83. The summed E-state index contributed by atoms with van der Waals surface area (Å²) < 4.78 is 24.2. The fraction of sp³-hybridized carbons (Fsp3) is 0.667. The molecule has 0 saturated carbocycles. The summed E-state index contributed by atoms with van der Waals surface area (Å²) in [7, 11) is -3.02. The van der Waals surface area contributed by atoms with Gasteiger partial charge >= 0.3 is 0 Å². The van der Waals surface area contributed by atoms with Crippen LogP contribution in [0.15, 0.2) is 12.3 Å². The molecule has 2 heterocycles. The van der Waals surface area contributed by atoms with Gasteiger partial charge in [-0.25, -0.2) is 12.7 Å². The zero-order valence-corrected chi connectivity index (χ0v) is 13.8. The van der Waals surface area contributed by atoms with Crippen LogP contribution in [-0.2, 0) is 21.9 Å². The Balaban J connectivity index is 2.06. The van der Waals surface area contributed by atoms with Crippen LogP contribution in [0.3, 0.4) is 0 Å². The molecule has 1 fully saturated rings. The third-order valence-corrected chi connectivity index (χ3v) is 5.09. The molecular weight excluding hydrogens is 272 g/mol. The molecule has 1 aliphatic heterocycles. The van der Waals surface area contributed by atoms with E-state index in [1.54, 1.807) is 0 Å². The number of nitrogens with zero attached hydrogens (tertiary/aromatic N) is 2. The lowest BCUT2D eigenvalue weighted by molar-refractivity contribution is 0.200. The van der Waals surface area contributed by atoms with E-state index in [0.717, 1.165) is 12.1 Å². The number of aromatic nitrogens is 1. The first-order valence-electron chi connectivity index (χ1n) is 6.98. The Morgan fingerprint density at radius 1 is 1.35 bits per heavy atom. The average Bonchev–Trinajstić information content (AvgIpc) is 2.21. The summed E-state index contributed by atoms with van der Waals surface area (Å²) in [6.07, 6.45) is 4.06. The van der Waals surface area contributed by atoms with Crippen LogP contribution in [0.25, 0.3) is 0 Å². The van der Waals surface area contributed by atoms with Gasteiger partial charge in [-0.1, -0.05) is 20.8 Å². The predicted octanol–water partition coefficient (Wildman–Crippen LogP) is 2.12. The number of hydrogen-bond acceptors (Lipinski definition) is 3. The number of pyridine rings is 1. The molecule has 5 heteroatoms. The van der Waals surface area contributed by atoms with Gasteiger partial charge in [-0.2, -0.15) is 0 Å². The van der Waals surface area contributed by atoms with Crippen LogP contribution in [0.1, 0.15) is 37.6 Å². The van der Waals surface area contributed by atoms with Crippen molar-refractivity contribution in [2.24, 2.45) is 5.92 Å². The van der Waals surface area contributed by atoms with E-state index in [2.05, 4.69) is 38.7 Å². The smallest absolute Gasteiger partial charge is 0.211 e. The Morgan fingerprint density at radius 2 is 1.95 bits per heavy atom. The van der Waals surface area contributed by atoms with E-state index >= 15 is 0 Å². The summed E-state index contributed by atoms with van der Waals surface area (Å²) in [6, 6.07) is 2.18. The lowest BCUT2D eigenvalue weighted by atomic mass is 9.84. The molecule has 0 amide bonds. The third-order valence-electron chi connectivity index (χ3n) is 3.86. The van der Waals surface area contributed by atoms with E-state index in [1.165, 1.54) is 21.7 Å². The van der Waals surface area contributed by atoms with Crippen molar-refractivity contribution < 1.29 is 8.42 Å². The van der Waals surface area contributed by atoms with Gasteiger partial charge < -0.3 is 0 Å². The van der Waals surface area contributed by atoms with Gasteiger partial charge in [0.1, 0.15) is 0 Å². The number of hydrogen-bond donors (Lipinski definition) is 0. The van der Waals surface area contributed by atoms with Gasteiger partial charge in [0.05, 0.1) is 6.26 Å². The zero-order chi connectivity index (χ0) is 15.1. The minimum Gasteiger partial charge on any atom is -0.261 e. The summed E-state index contributed by atoms with van der Waals surface area (Å²) in [5.74, 6) is 0.396. The molecule has 1 aliphatic rings. The number of aryl methyl sites for hydroxylation is 1. The molecule has 0 spiro atoms. The van der Waals surface area contributed by atoms with Crippen LogP contribution in [-0.4, -0.2) is 37.1 Å². The van der Waals surface area contributed by atoms with Gasteiger partial charge in [0.15, 0.2) is 0 Å². The molecule has 0 radical (unpaired) electrons. The standard InChI is InChI=1S/C15H24N2O2S/c1-11-8-16-13(7-14(11)15(2,3)4)6-12-9-17(10-12)20(5,18)19/h7-8,12H,6,9-10H2,1-5H3. The zero-order valence-electron chi connectivity index (χ0n) is 13.0. The van der Waals surface area contributed by atoms with Gasteiger partial charge in [0, 0.05) is 25.0 Å². The Kier molecular flexibility index (Phi) is 3.95. The molecule has 1 aromatic heterocycles. The highest BCUT2D eigenvalue weighted by molar-refractivity contribution is 7.88. The van der Waals surface area contributed by atoms with E-state index in [1.807, 2.05) is 6.20 Å². The van der Waals surface area contributed by atoms with Crippen molar-refractivity contribution in [3.8, 4) is 0 Å². The lowest BCUT2D eigenvalue weighted by Gasteiger charge is -2.37. The molecule has 0 atom stereocenters. The molecule has 0 N–H and O–H groups in total. The first-order chi connectivity index (χ1) is 9.07. The van der Waals surface area contributed by atoms with E-state index in [-0.39, 0.29) is 5.41 Å². The molecule has 112 valence electrons. The summed E-state index contributed by atoms with van der Waals surface area (Å²) in [6.45, 7) is 9.94. The fourth-order valence-corrected chi connectivity index (χ4v) is 3.67. The quantitative estimate of drug-likeness (QED) is 0.858. The summed E-state index contributed by atoms with van der Waals surface area (Å²) in [5.41, 5.74) is 3.72. The topological polar surface area (TPSA) is 50.3 Å². The second-order valence-electron chi connectivity index (χ2n) is 6.89. The second-order valence-corrected chi connectivity index (χ2v) is 8.87. The summed E-state index contributed by atoms with van der Waals surface area (Å²) in [5, 5.41) is 0. The van der Waals surface area contributed by atoms with Crippen molar-refractivity contribution in [3.63, 3.8) is 0 Å². The number of rotatable bonds is 3. The summed E-state index contributed by atoms with van der Waals surface area (Å²) in [4.78, 5) is 4.49. The molecule has 0 unspecified atom stereocenters. The second kappa shape index (κ2) is 5.11. The maximum Gasteiger partial charge on any atom is 0.211 e. The normalized spacial score (nSPS) is 18.1. The molecule has 1 saturated heterocycles. The minimum atomic E-state index is -3.02. The van der Waals surface area contributed by atoms with E-state index in [9.17, 15) is 8.42 Å². The van der Waals surface area contributed by atoms with Gasteiger partial charge in [0.25, 0.3) is 0 Å². The van der Waals surface area contributed by atoms with Gasteiger partial charge in [-0.15, -0.1) is 0 Å². The Morgan fingerprint density at radius 3 is 2.45 bits per heavy atom. The Bertz CT molecular complexity index is 597. The fourth-order valence-electron chi connectivity index (χ4n) is 2.70. The van der Waals surface area contributed by atoms with Crippen molar-refractivity contribution >= 4 is 10.0 Å². The van der Waals surface area contributed by atoms with Crippen molar-refractivity contribution in [2.45, 2.75) is 39.5 Å². The largest absolute Gasteiger partial charge is 0.261 e. The molecule has 4 nitrogen and oxygen atoms in total. The van der Waals surface area contributed by atoms with Crippen molar-refractivity contribution in [3.05, 3.63) is 29.1 Å². The molecule has 0 aliphatic carbocycles. The molecule has 0 aromatic carbocycles. The highest BCUT2D eigenvalue weighted by atomic mass is 32.2. The van der Waals surface area contributed by atoms with Crippen LogP contribution in [0.5, 0.6) is 0 Å². The summed E-state index contributed by atoms with van der Waals surface area (Å²) >= 11 is 0. The minimum absolute atomic E-state index is 0.111. The third kappa shape index (κ3) is 3.38. The van der Waals surface area contributed by atoms with E-state index in [0.29, 0.717) is 19.0 Å². The average molecular weight is 296 g/mol. The van der Waals surface area contributed by atoms with Gasteiger partial charge in [-0.3, -0.25) is 4.98 Å². The van der Waals surface area contributed by atoms with Crippen molar-refractivity contribution in [1.82, 2.24) is 9.29 Å². The van der Waals surface area contributed by atoms with E-state index in [4.69, 9.17) is 0 Å². The monoisotopic (exact) mass is 296 g/mol. The molecule has 0 bridgehead atoms. The van der Waals surface area contributed by atoms with Crippen molar-refractivity contribution in [1.29, 1.82) is 0 Å². The lowest BCUT2D eigenvalue weighted by Crippen LogP contribution is -2.50. The first kappa shape index (κ1) is 15.4. The predicted molar refractivity (Wildman–Crippen MR) is 81.3 cm³/mol. The maximum absolute atomic E-state index is 11.4. The molecule has 2 rings (SSSR count). The van der Waals surface area contributed by atoms with Gasteiger partial charge in [0.2, 0.25) is 10.0 Å². The van der Waals surface area contributed by atoms with Crippen molar-refractivity contribution in [2.75, 3.05) is 19.3 Å². The maximum atomic E-state index is 11.4. The Hall–Kier alpha value is -0.940. The van der Waals surface area contributed by atoms with Crippen LogP contribution in [0, 0.1) is 12.8 Å². The molecule has 1 aromatic rings. The SMILES string of the molecule is Cc1cnc(CC2CN(S(C)(=O)=O)C2)cc1C(C)(C)C. The highest BCUT2D eigenvalue weighted by Crippen LogP contribution is 2.28. The Labute approximate surface area is 122 Å². The van der Waals surface area contributed by atoms with Gasteiger partial charge in [-0.05, 0) is 41.9 Å².